The molecular formula is C43H28N2OSi. The summed E-state index contributed by atoms with van der Waals surface area (Å²) >= 11 is 0. The van der Waals surface area contributed by atoms with Crippen LogP contribution in [0.1, 0.15) is 5.56 Å². The van der Waals surface area contributed by atoms with Gasteiger partial charge in [0.05, 0.1) is 22.7 Å². The maximum Gasteiger partial charge on any atom is 0.184 e. The maximum atomic E-state index is 9.90. The van der Waals surface area contributed by atoms with E-state index in [9.17, 15) is 5.26 Å². The van der Waals surface area contributed by atoms with Crippen LogP contribution in [0.3, 0.4) is 0 Å². The molecule has 0 aliphatic carbocycles. The second-order valence-corrected chi connectivity index (χ2v) is 15.8. The summed E-state index contributed by atoms with van der Waals surface area (Å²) in [6.07, 6.45) is 0. The van der Waals surface area contributed by atoms with Crippen molar-refractivity contribution in [3.05, 3.63) is 175 Å². The minimum absolute atomic E-state index is 0.613. The molecule has 9 aromatic rings. The maximum absolute atomic E-state index is 9.90. The predicted molar refractivity (Wildman–Crippen MR) is 196 cm³/mol. The summed E-state index contributed by atoms with van der Waals surface area (Å²) in [6.45, 7) is 0. The molecule has 0 bridgehead atoms. The molecule has 0 atom stereocenters. The van der Waals surface area contributed by atoms with E-state index in [2.05, 4.69) is 162 Å². The molecule has 0 saturated carbocycles. The molecule has 9 rings (SSSR count). The lowest BCUT2D eigenvalue weighted by atomic mass is 10.1. The Morgan fingerprint density at radius 1 is 0.489 bits per heavy atom. The van der Waals surface area contributed by atoms with Crippen molar-refractivity contribution in [2.24, 2.45) is 0 Å². The highest BCUT2D eigenvalue weighted by atomic mass is 28.3. The van der Waals surface area contributed by atoms with Gasteiger partial charge in [-0.3, -0.25) is 0 Å². The van der Waals surface area contributed by atoms with Gasteiger partial charge in [-0.2, -0.15) is 5.26 Å². The van der Waals surface area contributed by atoms with Gasteiger partial charge in [-0.1, -0.05) is 127 Å². The van der Waals surface area contributed by atoms with Gasteiger partial charge in [0.2, 0.25) is 0 Å². The van der Waals surface area contributed by atoms with Gasteiger partial charge in [-0.05, 0) is 63.2 Å². The Hall–Kier alpha value is -6.15. The van der Waals surface area contributed by atoms with Crippen molar-refractivity contribution in [2.45, 2.75) is 0 Å². The molecule has 2 heterocycles. The minimum atomic E-state index is -3.00. The average Bonchev–Trinajstić information content (AvgIpc) is 3.69. The number of furan rings is 1. The van der Waals surface area contributed by atoms with Crippen molar-refractivity contribution < 1.29 is 4.42 Å². The molecule has 0 N–H and O–H groups in total. The van der Waals surface area contributed by atoms with Gasteiger partial charge in [-0.25, -0.2) is 0 Å². The molecule has 4 heteroatoms. The van der Waals surface area contributed by atoms with Crippen molar-refractivity contribution in [1.29, 1.82) is 5.26 Å². The second-order valence-electron chi connectivity index (χ2n) is 12.0. The smallest absolute Gasteiger partial charge is 0.184 e. The van der Waals surface area contributed by atoms with E-state index in [0.717, 1.165) is 38.7 Å². The molecule has 0 radical (unpaired) electrons. The van der Waals surface area contributed by atoms with E-state index in [1.54, 1.807) is 0 Å². The molecule has 0 unspecified atom stereocenters. The van der Waals surface area contributed by atoms with Crippen LogP contribution < -0.4 is 20.7 Å². The third-order valence-corrected chi connectivity index (χ3v) is 14.3. The highest BCUT2D eigenvalue weighted by molar-refractivity contribution is 7.20. The summed E-state index contributed by atoms with van der Waals surface area (Å²) in [5, 5.41) is 19.3. The molecule has 0 spiro atoms. The molecular weight excluding hydrogens is 589 g/mol. The Bertz CT molecular complexity index is 2480. The van der Waals surface area contributed by atoms with Gasteiger partial charge >= 0.3 is 0 Å². The summed E-state index contributed by atoms with van der Waals surface area (Å²) in [4.78, 5) is 0. The molecule has 0 aliphatic heterocycles. The summed E-state index contributed by atoms with van der Waals surface area (Å²) in [5.74, 6) is 0. The Labute approximate surface area is 273 Å². The summed E-state index contributed by atoms with van der Waals surface area (Å²) in [7, 11) is -3.00. The van der Waals surface area contributed by atoms with Crippen molar-refractivity contribution in [2.75, 3.05) is 0 Å². The van der Waals surface area contributed by atoms with Gasteiger partial charge < -0.3 is 8.98 Å². The molecule has 0 aliphatic rings. The molecule has 47 heavy (non-hydrogen) atoms. The Balaban J connectivity index is 1.52. The fraction of sp³-hybridized carbons (Fsp3) is 0. The van der Waals surface area contributed by atoms with Gasteiger partial charge in [0.15, 0.2) is 8.07 Å². The minimum Gasteiger partial charge on any atom is -0.456 e. The van der Waals surface area contributed by atoms with E-state index in [4.69, 9.17) is 4.42 Å². The summed E-state index contributed by atoms with van der Waals surface area (Å²) in [6, 6.07) is 62.8. The van der Waals surface area contributed by atoms with E-state index in [-0.39, 0.29) is 0 Å². The molecule has 0 amide bonds. The standard InChI is InChI=1S/C43H28N2OSi/c44-29-30-24-25-41-37(26-30)38-27-31(45-39-22-12-10-20-35(39)36-21-11-13-23-40(36)45)28-42(43(38)46-41)47(32-14-4-1-5-15-32,33-16-6-2-7-17-33)34-18-8-3-9-19-34/h1-28H. The predicted octanol–water partition coefficient (Wildman–Crippen LogP) is 7.93. The molecule has 3 nitrogen and oxygen atoms in total. The first kappa shape index (κ1) is 27.2. The summed E-state index contributed by atoms with van der Waals surface area (Å²) < 4.78 is 9.31. The number of nitrogens with zero attached hydrogens (tertiary/aromatic N) is 2. The quantitative estimate of drug-likeness (QED) is 0.146. The van der Waals surface area contributed by atoms with Crippen molar-refractivity contribution in [3.63, 3.8) is 0 Å². The highest BCUT2D eigenvalue weighted by Gasteiger charge is 2.44. The number of fused-ring (bicyclic) bond motifs is 6. The summed E-state index contributed by atoms with van der Waals surface area (Å²) in [5.41, 5.74) is 5.61. The van der Waals surface area contributed by atoms with Crippen LogP contribution in [0.2, 0.25) is 0 Å². The van der Waals surface area contributed by atoms with Crippen LogP contribution in [-0.4, -0.2) is 12.6 Å². The van der Waals surface area contributed by atoms with Crippen LogP contribution in [0.5, 0.6) is 0 Å². The topological polar surface area (TPSA) is 41.9 Å². The lowest BCUT2D eigenvalue weighted by molar-refractivity contribution is 0.671. The third-order valence-electron chi connectivity index (χ3n) is 9.55. The van der Waals surface area contributed by atoms with Crippen LogP contribution in [0.4, 0.5) is 0 Å². The monoisotopic (exact) mass is 616 g/mol. The number of nitriles is 1. The van der Waals surface area contributed by atoms with E-state index in [1.807, 2.05) is 18.2 Å². The Morgan fingerprint density at radius 3 is 1.53 bits per heavy atom. The molecule has 7 aromatic carbocycles. The van der Waals surface area contributed by atoms with Gasteiger partial charge in [0.25, 0.3) is 0 Å². The second kappa shape index (κ2) is 10.7. The first-order valence-corrected chi connectivity index (χ1v) is 17.8. The van der Waals surface area contributed by atoms with E-state index < -0.39 is 8.07 Å². The zero-order valence-corrected chi connectivity index (χ0v) is 26.5. The largest absolute Gasteiger partial charge is 0.456 e. The average molecular weight is 617 g/mol. The van der Waals surface area contributed by atoms with E-state index >= 15 is 0 Å². The van der Waals surface area contributed by atoms with Gasteiger partial charge in [0, 0.05) is 27.2 Å². The highest BCUT2D eigenvalue weighted by Crippen LogP contribution is 2.36. The number of benzene rings is 7. The van der Waals surface area contributed by atoms with Crippen molar-refractivity contribution in [1.82, 2.24) is 4.57 Å². The molecule has 2 aromatic heterocycles. The number of para-hydroxylation sites is 2. The van der Waals surface area contributed by atoms with Crippen LogP contribution in [0, 0.1) is 11.3 Å². The SMILES string of the molecule is N#Cc1ccc2oc3c([Si](c4ccccc4)(c4ccccc4)c4ccccc4)cc(-n4c5ccccc5c5ccccc54)cc3c2c1. The number of aromatic nitrogens is 1. The number of hydrogen-bond acceptors (Lipinski definition) is 2. The van der Waals surface area contributed by atoms with Gasteiger partial charge in [-0.15, -0.1) is 0 Å². The van der Waals surface area contributed by atoms with Crippen LogP contribution >= 0.6 is 0 Å². The fourth-order valence-electron chi connectivity index (χ4n) is 7.57. The van der Waals surface area contributed by atoms with Crippen molar-refractivity contribution in [3.8, 4) is 11.8 Å². The molecule has 220 valence electrons. The van der Waals surface area contributed by atoms with Crippen LogP contribution in [0.25, 0.3) is 49.4 Å². The first-order valence-electron chi connectivity index (χ1n) is 15.8. The lowest BCUT2D eigenvalue weighted by Gasteiger charge is -2.34. The van der Waals surface area contributed by atoms with E-state index in [0.29, 0.717) is 5.56 Å². The van der Waals surface area contributed by atoms with Crippen molar-refractivity contribution >= 4 is 72.6 Å². The molecule has 0 fully saturated rings. The van der Waals surface area contributed by atoms with Crippen LogP contribution in [0.15, 0.2) is 174 Å². The van der Waals surface area contributed by atoms with Crippen LogP contribution in [-0.2, 0) is 0 Å². The zero-order valence-electron chi connectivity index (χ0n) is 25.5. The Kier molecular flexibility index (Phi) is 6.21. The third kappa shape index (κ3) is 4.04. The number of hydrogen-bond donors (Lipinski definition) is 0. The Morgan fingerprint density at radius 2 is 1.00 bits per heavy atom. The first-order chi connectivity index (χ1) is 23.3. The van der Waals surface area contributed by atoms with E-state index in [1.165, 1.54) is 31.5 Å². The zero-order chi connectivity index (χ0) is 31.4. The normalized spacial score (nSPS) is 11.8. The van der Waals surface area contributed by atoms with Gasteiger partial charge in [0.1, 0.15) is 11.2 Å². The number of rotatable bonds is 5. The lowest BCUT2D eigenvalue weighted by Crippen LogP contribution is -2.74. The molecule has 0 saturated heterocycles. The fourth-order valence-corrected chi connectivity index (χ4v) is 12.5.